The second-order valence-corrected chi connectivity index (χ2v) is 10.9. The van der Waals surface area contributed by atoms with E-state index in [0.29, 0.717) is 11.8 Å². The lowest BCUT2D eigenvalue weighted by Crippen LogP contribution is -2.45. The minimum absolute atomic E-state index is 0.649. The van der Waals surface area contributed by atoms with Gasteiger partial charge in [-0.2, -0.15) is 4.98 Å². The van der Waals surface area contributed by atoms with Crippen LogP contribution in [0.3, 0.4) is 0 Å². The highest BCUT2D eigenvalue weighted by Gasteiger charge is 2.28. The van der Waals surface area contributed by atoms with Gasteiger partial charge in [0, 0.05) is 56.4 Å². The Kier molecular flexibility index (Phi) is 7.33. The van der Waals surface area contributed by atoms with Crippen molar-refractivity contribution in [2.45, 2.75) is 57.5 Å². The first-order valence-electron chi connectivity index (χ1n) is 14.0. The highest BCUT2D eigenvalue weighted by molar-refractivity contribution is 5.53. The summed E-state index contributed by atoms with van der Waals surface area (Å²) >= 11 is 0. The number of piperidine rings is 1. The summed E-state index contributed by atoms with van der Waals surface area (Å²) in [5, 5.41) is 4.32. The molecule has 0 bridgehead atoms. The highest BCUT2D eigenvalue weighted by atomic mass is 16.5. The number of para-hydroxylation sites is 1. The van der Waals surface area contributed by atoms with E-state index in [1.807, 2.05) is 0 Å². The quantitative estimate of drug-likeness (QED) is 0.455. The molecule has 6 heteroatoms. The van der Waals surface area contributed by atoms with E-state index in [-0.39, 0.29) is 0 Å². The average Bonchev–Trinajstić information content (AvgIpc) is 3.64. The molecule has 3 aliphatic rings. The highest BCUT2D eigenvalue weighted by Crippen LogP contribution is 2.29. The van der Waals surface area contributed by atoms with E-state index in [4.69, 9.17) is 9.51 Å². The first-order valence-corrected chi connectivity index (χ1v) is 14.0. The minimum atomic E-state index is 0.649. The Hall–Kier alpha value is -2.70. The van der Waals surface area contributed by atoms with Crippen molar-refractivity contribution in [2.24, 2.45) is 5.92 Å². The fraction of sp³-hybridized carbons (Fsp3) is 0.533. The molecule has 0 amide bonds. The van der Waals surface area contributed by atoms with Crippen LogP contribution in [-0.2, 0) is 13.0 Å². The van der Waals surface area contributed by atoms with Gasteiger partial charge in [-0.1, -0.05) is 48.3 Å². The maximum absolute atomic E-state index is 5.65. The number of benzene rings is 2. The van der Waals surface area contributed by atoms with Crippen molar-refractivity contribution >= 4 is 5.69 Å². The van der Waals surface area contributed by atoms with Crippen LogP contribution in [0.4, 0.5) is 5.69 Å². The van der Waals surface area contributed by atoms with Crippen LogP contribution in [-0.4, -0.2) is 65.3 Å². The molecule has 2 saturated heterocycles. The van der Waals surface area contributed by atoms with Crippen LogP contribution in [0, 0.1) is 5.92 Å². The summed E-state index contributed by atoms with van der Waals surface area (Å²) in [4.78, 5) is 12.5. The van der Waals surface area contributed by atoms with E-state index in [1.165, 1.54) is 62.9 Å². The van der Waals surface area contributed by atoms with Crippen molar-refractivity contribution < 1.29 is 4.52 Å². The SMILES string of the molecule is c1ccc(N2CCN(Cc3ccc(-c4nc(CC5CCN(C6CCCC6)CC5)no4)cc3)CC2)cc1. The van der Waals surface area contributed by atoms with Crippen molar-refractivity contribution in [1.29, 1.82) is 0 Å². The van der Waals surface area contributed by atoms with Gasteiger partial charge in [0.15, 0.2) is 5.82 Å². The Balaban J connectivity index is 0.976. The van der Waals surface area contributed by atoms with E-state index in [0.717, 1.165) is 56.6 Å². The molecule has 6 rings (SSSR count). The van der Waals surface area contributed by atoms with Gasteiger partial charge in [0.2, 0.25) is 0 Å². The number of piperazine rings is 1. The fourth-order valence-electron chi connectivity index (χ4n) is 6.32. The Morgan fingerprint density at radius 1 is 0.778 bits per heavy atom. The molecular formula is C30H39N5O. The van der Waals surface area contributed by atoms with Gasteiger partial charge in [-0.3, -0.25) is 4.90 Å². The molecular weight excluding hydrogens is 446 g/mol. The number of likely N-dealkylation sites (tertiary alicyclic amines) is 1. The largest absolute Gasteiger partial charge is 0.369 e. The van der Waals surface area contributed by atoms with Gasteiger partial charge >= 0.3 is 0 Å². The van der Waals surface area contributed by atoms with Crippen molar-refractivity contribution in [3.8, 4) is 11.5 Å². The number of rotatable bonds is 7. The molecule has 3 heterocycles. The van der Waals surface area contributed by atoms with E-state index in [1.54, 1.807) is 0 Å². The summed E-state index contributed by atoms with van der Waals surface area (Å²) < 4.78 is 5.65. The van der Waals surface area contributed by atoms with Gasteiger partial charge in [0.25, 0.3) is 5.89 Å². The van der Waals surface area contributed by atoms with Crippen molar-refractivity contribution in [3.05, 3.63) is 66.0 Å². The number of aromatic nitrogens is 2. The Morgan fingerprint density at radius 2 is 1.50 bits per heavy atom. The predicted octanol–water partition coefficient (Wildman–Crippen LogP) is 5.26. The van der Waals surface area contributed by atoms with Gasteiger partial charge in [0.05, 0.1) is 0 Å². The topological polar surface area (TPSA) is 48.6 Å². The molecule has 0 atom stereocenters. The molecule has 0 N–H and O–H groups in total. The first-order chi connectivity index (χ1) is 17.8. The molecule has 36 heavy (non-hydrogen) atoms. The predicted molar refractivity (Wildman–Crippen MR) is 144 cm³/mol. The summed E-state index contributed by atoms with van der Waals surface area (Å²) in [5.74, 6) is 2.19. The third-order valence-corrected chi connectivity index (χ3v) is 8.53. The van der Waals surface area contributed by atoms with Crippen molar-refractivity contribution in [2.75, 3.05) is 44.2 Å². The fourth-order valence-corrected chi connectivity index (χ4v) is 6.32. The molecule has 3 aromatic rings. The third kappa shape index (κ3) is 5.65. The smallest absolute Gasteiger partial charge is 0.257 e. The zero-order valence-corrected chi connectivity index (χ0v) is 21.4. The average molecular weight is 486 g/mol. The molecule has 3 fully saturated rings. The van der Waals surface area contributed by atoms with Crippen molar-refractivity contribution in [1.82, 2.24) is 19.9 Å². The Morgan fingerprint density at radius 3 is 2.22 bits per heavy atom. The van der Waals surface area contributed by atoms with Crippen LogP contribution < -0.4 is 4.90 Å². The molecule has 1 saturated carbocycles. The van der Waals surface area contributed by atoms with E-state index in [2.05, 4.69) is 74.5 Å². The lowest BCUT2D eigenvalue weighted by Gasteiger charge is -2.36. The number of hydrogen-bond acceptors (Lipinski definition) is 6. The molecule has 1 aliphatic carbocycles. The summed E-state index contributed by atoms with van der Waals surface area (Å²) in [6.45, 7) is 7.79. The van der Waals surface area contributed by atoms with Gasteiger partial charge in [-0.15, -0.1) is 0 Å². The lowest BCUT2D eigenvalue weighted by atomic mass is 9.92. The first kappa shape index (κ1) is 23.7. The summed E-state index contributed by atoms with van der Waals surface area (Å²) in [6.07, 6.45) is 9.11. The Labute approximate surface area is 215 Å². The van der Waals surface area contributed by atoms with Gasteiger partial charge < -0.3 is 14.3 Å². The zero-order chi connectivity index (χ0) is 24.2. The third-order valence-electron chi connectivity index (χ3n) is 8.53. The molecule has 2 aliphatic heterocycles. The van der Waals surface area contributed by atoms with Crippen LogP contribution in [0.25, 0.3) is 11.5 Å². The standard InChI is InChI=1S/C30H39N5O/c1-2-6-28(7-3-1)35-20-18-33(19-21-35)23-25-10-12-26(13-11-25)30-31-29(32-36-30)22-24-14-16-34(17-15-24)27-8-4-5-9-27/h1-3,6-7,10-13,24,27H,4-5,8-9,14-23H2. The van der Waals surface area contributed by atoms with Crippen LogP contribution in [0.15, 0.2) is 59.1 Å². The zero-order valence-electron chi connectivity index (χ0n) is 21.4. The van der Waals surface area contributed by atoms with E-state index in [9.17, 15) is 0 Å². The molecule has 0 unspecified atom stereocenters. The lowest BCUT2D eigenvalue weighted by molar-refractivity contribution is 0.133. The molecule has 1 aromatic heterocycles. The van der Waals surface area contributed by atoms with Crippen LogP contribution in [0.5, 0.6) is 0 Å². The van der Waals surface area contributed by atoms with E-state index >= 15 is 0 Å². The molecule has 190 valence electrons. The monoisotopic (exact) mass is 485 g/mol. The molecule has 2 aromatic carbocycles. The molecule has 0 radical (unpaired) electrons. The maximum atomic E-state index is 5.65. The summed E-state index contributed by atoms with van der Waals surface area (Å²) in [5.41, 5.74) is 3.68. The number of anilines is 1. The van der Waals surface area contributed by atoms with Gasteiger partial charge in [0.1, 0.15) is 0 Å². The van der Waals surface area contributed by atoms with Crippen LogP contribution in [0.2, 0.25) is 0 Å². The van der Waals surface area contributed by atoms with Crippen LogP contribution in [0.1, 0.15) is 49.9 Å². The van der Waals surface area contributed by atoms with Gasteiger partial charge in [-0.05, 0) is 74.5 Å². The summed E-state index contributed by atoms with van der Waals surface area (Å²) in [6, 6.07) is 20.3. The number of hydrogen-bond donors (Lipinski definition) is 0. The van der Waals surface area contributed by atoms with Crippen LogP contribution >= 0.6 is 0 Å². The maximum Gasteiger partial charge on any atom is 0.257 e. The van der Waals surface area contributed by atoms with Crippen molar-refractivity contribution in [3.63, 3.8) is 0 Å². The van der Waals surface area contributed by atoms with Gasteiger partial charge in [-0.25, -0.2) is 0 Å². The Bertz CT molecular complexity index is 1080. The second-order valence-electron chi connectivity index (χ2n) is 10.9. The van der Waals surface area contributed by atoms with E-state index < -0.39 is 0 Å². The normalized spacial score (nSPS) is 20.8. The molecule has 6 nitrogen and oxygen atoms in total. The summed E-state index contributed by atoms with van der Waals surface area (Å²) in [7, 11) is 0. The minimum Gasteiger partial charge on any atom is -0.369 e. The number of nitrogens with zero attached hydrogens (tertiary/aromatic N) is 5. The second kappa shape index (κ2) is 11.1. The molecule has 0 spiro atoms.